The zero-order chi connectivity index (χ0) is 18.8. The van der Waals surface area contributed by atoms with Crippen molar-refractivity contribution in [2.75, 3.05) is 31.1 Å². The SMILES string of the molecule is CC(=O)c1cc([N+](=O)[O-])ccc1N1CCN(C(=O)OC(C)(C)C)CC1. The van der Waals surface area contributed by atoms with Crippen molar-refractivity contribution in [3.63, 3.8) is 0 Å². The maximum Gasteiger partial charge on any atom is 0.410 e. The number of ether oxygens (including phenoxy) is 1. The minimum atomic E-state index is -0.547. The highest BCUT2D eigenvalue weighted by molar-refractivity contribution is 6.00. The third-order valence-corrected chi connectivity index (χ3v) is 3.84. The summed E-state index contributed by atoms with van der Waals surface area (Å²) in [7, 11) is 0. The Balaban J connectivity index is 2.11. The zero-order valence-corrected chi connectivity index (χ0v) is 14.9. The van der Waals surface area contributed by atoms with E-state index in [1.807, 2.05) is 25.7 Å². The van der Waals surface area contributed by atoms with Crippen molar-refractivity contribution in [3.8, 4) is 0 Å². The second kappa shape index (κ2) is 7.08. The lowest BCUT2D eigenvalue weighted by Crippen LogP contribution is -2.50. The van der Waals surface area contributed by atoms with Gasteiger partial charge in [-0.3, -0.25) is 14.9 Å². The molecule has 0 atom stereocenters. The van der Waals surface area contributed by atoms with E-state index in [0.29, 0.717) is 37.4 Å². The molecule has 0 aromatic heterocycles. The Morgan fingerprint density at radius 1 is 1.16 bits per heavy atom. The number of ketones is 1. The molecule has 1 amide bonds. The third-order valence-electron chi connectivity index (χ3n) is 3.84. The van der Waals surface area contributed by atoms with Crippen LogP contribution in [0.2, 0.25) is 0 Å². The molecule has 0 spiro atoms. The summed E-state index contributed by atoms with van der Waals surface area (Å²) >= 11 is 0. The number of benzene rings is 1. The molecule has 8 nitrogen and oxygen atoms in total. The fourth-order valence-corrected chi connectivity index (χ4v) is 2.65. The molecule has 1 aliphatic heterocycles. The van der Waals surface area contributed by atoms with E-state index in [9.17, 15) is 19.7 Å². The van der Waals surface area contributed by atoms with Crippen molar-refractivity contribution in [3.05, 3.63) is 33.9 Å². The van der Waals surface area contributed by atoms with Gasteiger partial charge in [-0.2, -0.15) is 0 Å². The van der Waals surface area contributed by atoms with Gasteiger partial charge in [0.15, 0.2) is 5.78 Å². The van der Waals surface area contributed by atoms with Gasteiger partial charge >= 0.3 is 6.09 Å². The first kappa shape index (κ1) is 18.7. The Labute approximate surface area is 146 Å². The van der Waals surface area contributed by atoms with E-state index in [0.717, 1.165) is 0 Å². The molecule has 1 heterocycles. The number of carbonyl (C=O) groups excluding carboxylic acids is 2. The van der Waals surface area contributed by atoms with Crippen LogP contribution in [0.4, 0.5) is 16.2 Å². The van der Waals surface area contributed by atoms with Crippen molar-refractivity contribution in [2.45, 2.75) is 33.3 Å². The van der Waals surface area contributed by atoms with Crippen LogP contribution >= 0.6 is 0 Å². The highest BCUT2D eigenvalue weighted by Gasteiger charge is 2.27. The summed E-state index contributed by atoms with van der Waals surface area (Å²) in [5.41, 5.74) is 0.317. The normalized spacial score (nSPS) is 15.0. The van der Waals surface area contributed by atoms with Gasteiger partial charge in [0.05, 0.1) is 4.92 Å². The van der Waals surface area contributed by atoms with Crippen molar-refractivity contribution in [1.29, 1.82) is 0 Å². The number of hydrogen-bond acceptors (Lipinski definition) is 6. The quantitative estimate of drug-likeness (QED) is 0.473. The maximum atomic E-state index is 12.1. The summed E-state index contributed by atoms with van der Waals surface area (Å²) in [4.78, 5) is 38.0. The number of carbonyl (C=O) groups is 2. The Morgan fingerprint density at radius 2 is 1.76 bits per heavy atom. The summed E-state index contributed by atoms with van der Waals surface area (Å²) in [6, 6.07) is 4.29. The average Bonchev–Trinajstić information content (AvgIpc) is 2.52. The molecule has 0 bridgehead atoms. The zero-order valence-electron chi connectivity index (χ0n) is 14.9. The minimum Gasteiger partial charge on any atom is -0.444 e. The molecule has 0 aliphatic carbocycles. The van der Waals surface area contributed by atoms with Crippen LogP contribution in [0.25, 0.3) is 0 Å². The van der Waals surface area contributed by atoms with Gasteiger partial charge < -0.3 is 14.5 Å². The van der Waals surface area contributed by atoms with Crippen LogP contribution in [0.1, 0.15) is 38.1 Å². The molecule has 1 aromatic rings. The number of hydrogen-bond donors (Lipinski definition) is 0. The van der Waals surface area contributed by atoms with Gasteiger partial charge in [-0.1, -0.05) is 0 Å². The van der Waals surface area contributed by atoms with Gasteiger partial charge in [-0.15, -0.1) is 0 Å². The number of nitro groups is 1. The standard InChI is InChI=1S/C17H23N3O5/c1-12(21)14-11-13(20(23)24)5-6-15(14)18-7-9-19(10-8-18)16(22)25-17(2,3)4/h5-6,11H,7-10H2,1-4H3. The van der Waals surface area contributed by atoms with Crippen molar-refractivity contribution in [2.24, 2.45) is 0 Å². The van der Waals surface area contributed by atoms with Crippen molar-refractivity contribution < 1.29 is 19.2 Å². The van der Waals surface area contributed by atoms with Crippen LogP contribution in [0, 0.1) is 10.1 Å². The number of non-ortho nitro benzene ring substituents is 1. The van der Waals surface area contributed by atoms with Gasteiger partial charge in [-0.25, -0.2) is 4.79 Å². The van der Waals surface area contributed by atoms with Gasteiger partial charge in [0.1, 0.15) is 5.60 Å². The van der Waals surface area contributed by atoms with E-state index in [1.54, 1.807) is 11.0 Å². The van der Waals surface area contributed by atoms with Crippen LogP contribution in [0.15, 0.2) is 18.2 Å². The van der Waals surface area contributed by atoms with E-state index in [4.69, 9.17) is 4.74 Å². The lowest BCUT2D eigenvalue weighted by atomic mass is 10.1. The lowest BCUT2D eigenvalue weighted by molar-refractivity contribution is -0.384. The van der Waals surface area contributed by atoms with E-state index < -0.39 is 10.5 Å². The first-order chi connectivity index (χ1) is 11.6. The van der Waals surface area contributed by atoms with Crippen molar-refractivity contribution >= 4 is 23.3 Å². The number of piperazine rings is 1. The topological polar surface area (TPSA) is 93.0 Å². The minimum absolute atomic E-state index is 0.110. The molecule has 136 valence electrons. The fourth-order valence-electron chi connectivity index (χ4n) is 2.65. The largest absolute Gasteiger partial charge is 0.444 e. The second-order valence-electron chi connectivity index (χ2n) is 6.97. The van der Waals surface area contributed by atoms with Crippen LogP contribution in [0.3, 0.4) is 0 Å². The number of amides is 1. The molecule has 8 heteroatoms. The number of rotatable bonds is 3. The monoisotopic (exact) mass is 349 g/mol. The summed E-state index contributed by atoms with van der Waals surface area (Å²) < 4.78 is 5.36. The predicted octanol–water partition coefficient (Wildman–Crippen LogP) is 2.85. The first-order valence-corrected chi connectivity index (χ1v) is 8.11. The molecule has 2 rings (SSSR count). The summed E-state index contributed by atoms with van der Waals surface area (Å²) in [5.74, 6) is -0.228. The lowest BCUT2D eigenvalue weighted by Gasteiger charge is -2.37. The fraction of sp³-hybridized carbons (Fsp3) is 0.529. The molecule has 0 unspecified atom stereocenters. The van der Waals surface area contributed by atoms with Crippen LogP contribution in [-0.4, -0.2) is 53.5 Å². The molecule has 1 aromatic carbocycles. The van der Waals surface area contributed by atoms with E-state index in [-0.39, 0.29) is 17.6 Å². The predicted molar refractivity (Wildman–Crippen MR) is 93.1 cm³/mol. The smallest absolute Gasteiger partial charge is 0.410 e. The molecule has 25 heavy (non-hydrogen) atoms. The number of anilines is 1. The molecule has 1 saturated heterocycles. The van der Waals surface area contributed by atoms with Crippen LogP contribution < -0.4 is 4.90 Å². The van der Waals surface area contributed by atoms with Gasteiger partial charge in [0.25, 0.3) is 5.69 Å². The molecule has 0 radical (unpaired) electrons. The maximum absolute atomic E-state index is 12.1. The molecule has 1 fully saturated rings. The molecule has 0 saturated carbocycles. The average molecular weight is 349 g/mol. The van der Waals surface area contributed by atoms with Crippen molar-refractivity contribution in [1.82, 2.24) is 4.90 Å². The van der Waals surface area contributed by atoms with E-state index in [2.05, 4.69) is 0 Å². The van der Waals surface area contributed by atoms with Gasteiger partial charge in [0, 0.05) is 49.6 Å². The molecule has 1 aliphatic rings. The number of nitro benzene ring substituents is 1. The number of Topliss-reactive ketones (excluding diaryl/α,β-unsaturated/α-hetero) is 1. The summed E-state index contributed by atoms with van der Waals surface area (Å²) in [6.07, 6.45) is -0.359. The highest BCUT2D eigenvalue weighted by Crippen LogP contribution is 2.27. The van der Waals surface area contributed by atoms with Crippen LogP contribution in [-0.2, 0) is 4.74 Å². The summed E-state index contributed by atoms with van der Waals surface area (Å²) in [6.45, 7) is 8.81. The Hall–Kier alpha value is -2.64. The third kappa shape index (κ3) is 4.68. The summed E-state index contributed by atoms with van der Waals surface area (Å²) in [5, 5.41) is 10.9. The highest BCUT2D eigenvalue weighted by atomic mass is 16.6. The Bertz CT molecular complexity index is 688. The van der Waals surface area contributed by atoms with E-state index in [1.165, 1.54) is 19.1 Å². The second-order valence-corrected chi connectivity index (χ2v) is 6.97. The first-order valence-electron chi connectivity index (χ1n) is 8.11. The number of nitrogens with zero attached hydrogens (tertiary/aromatic N) is 3. The van der Waals surface area contributed by atoms with Crippen LogP contribution in [0.5, 0.6) is 0 Å². The Kier molecular flexibility index (Phi) is 5.30. The van der Waals surface area contributed by atoms with Gasteiger partial charge in [-0.05, 0) is 33.8 Å². The van der Waals surface area contributed by atoms with Gasteiger partial charge in [0.2, 0.25) is 0 Å². The molecule has 0 N–H and O–H groups in total. The Morgan fingerprint density at radius 3 is 2.24 bits per heavy atom. The molecular weight excluding hydrogens is 326 g/mol. The van der Waals surface area contributed by atoms with E-state index >= 15 is 0 Å². The molecular formula is C17H23N3O5.